The van der Waals surface area contributed by atoms with E-state index in [9.17, 15) is 19.2 Å². The minimum atomic E-state index is -0.213. The minimum Gasteiger partial charge on any atom is -0.324 e. The van der Waals surface area contributed by atoms with Gasteiger partial charge in [-0.1, -0.05) is 48.5 Å². The van der Waals surface area contributed by atoms with E-state index in [0.29, 0.717) is 147 Å². The number of hydrogen-bond donors (Lipinski definition) is 3. The maximum atomic E-state index is 14.2. The highest BCUT2D eigenvalue weighted by Gasteiger charge is 2.28. The van der Waals surface area contributed by atoms with Crippen LogP contribution in [-0.2, 0) is 45.8 Å². The number of nitrogens with zero attached hydrogens (tertiary/aromatic N) is 13. The number of imidazole rings is 4. The predicted octanol–water partition coefficient (Wildman–Crippen LogP) is 9.73. The number of hydrogen-bond acceptors (Lipinski definition) is 10. The van der Waals surface area contributed by atoms with E-state index in [4.69, 9.17) is 29.9 Å². The summed E-state index contributed by atoms with van der Waals surface area (Å²) in [7, 11) is 0. The lowest BCUT2D eigenvalue weighted by Gasteiger charge is -2.04. The molecule has 0 amide bonds. The molecule has 0 radical (unpaired) electrons. The van der Waals surface area contributed by atoms with Crippen LogP contribution in [-0.4, -0.2) is 76.8 Å². The fraction of sp³-hybridized carbons (Fsp3) is 0.368. The number of aryl methyl sites for hydroxylation is 7. The van der Waals surface area contributed by atoms with Crippen LogP contribution in [0.4, 0.5) is 0 Å². The fourth-order valence-electron chi connectivity index (χ4n) is 11.9. The Hall–Kier alpha value is -8.68. The van der Waals surface area contributed by atoms with Crippen molar-refractivity contribution in [1.29, 1.82) is 0 Å². The molecule has 2 aliphatic heterocycles. The Labute approximate surface area is 438 Å². The second-order valence-electron chi connectivity index (χ2n) is 20.5. The van der Waals surface area contributed by atoms with Gasteiger partial charge in [0.05, 0.1) is 44.1 Å². The molecule has 0 fully saturated rings. The molecule has 392 valence electrons. The molecule has 0 aliphatic carbocycles. The first-order chi connectivity index (χ1) is 37.5. The van der Waals surface area contributed by atoms with Gasteiger partial charge in [-0.05, 0) is 93.5 Å². The van der Waals surface area contributed by atoms with E-state index in [1.807, 2.05) is 82.9 Å². The molecule has 20 heteroatoms. The molecule has 9 heterocycles. The number of aromatic nitrogens is 16. The van der Waals surface area contributed by atoms with Gasteiger partial charge < -0.3 is 15.0 Å². The number of benzene rings is 4. The Balaban J connectivity index is 1.23. The normalized spacial score (nSPS) is 12.5. The summed E-state index contributed by atoms with van der Waals surface area (Å²) < 4.78 is 12.8. The van der Waals surface area contributed by atoms with Crippen molar-refractivity contribution in [3.05, 3.63) is 90.5 Å². The molecule has 77 heavy (non-hydrogen) atoms. The van der Waals surface area contributed by atoms with E-state index in [-0.39, 0.29) is 22.8 Å². The SMILES string of the molecule is CCCn1c(=O)[nH]c2cc3c(cc21)-c1nc-3nc2[nH]c(nc3nc(nc4[nH]c(n1)c1cc5c(cc41)n(CCC)c(=O)n5CCC)-c1cc4c(cc1-3)n(CCC)c(=O)n4CCC)c1cc3c(cc21)n(CCC)c(=O)n3CCC. The molecule has 0 atom stereocenters. The van der Waals surface area contributed by atoms with Crippen molar-refractivity contribution in [2.45, 2.75) is 139 Å². The second-order valence-corrected chi connectivity index (χ2v) is 20.5. The predicted molar refractivity (Wildman–Crippen MR) is 303 cm³/mol. The van der Waals surface area contributed by atoms with Gasteiger partial charge in [-0.25, -0.2) is 49.1 Å². The quantitative estimate of drug-likeness (QED) is 0.0934. The summed E-state index contributed by atoms with van der Waals surface area (Å²) >= 11 is 0. The van der Waals surface area contributed by atoms with Crippen molar-refractivity contribution in [1.82, 2.24) is 76.8 Å². The van der Waals surface area contributed by atoms with Crippen molar-refractivity contribution in [2.24, 2.45) is 0 Å². The van der Waals surface area contributed by atoms with Crippen LogP contribution in [0.15, 0.2) is 67.7 Å². The molecule has 11 aromatic rings. The number of rotatable bonds is 14. The first kappa shape index (κ1) is 48.0. The summed E-state index contributed by atoms with van der Waals surface area (Å²) in [5.41, 5.74) is 10.1. The van der Waals surface area contributed by atoms with Crippen molar-refractivity contribution >= 4 is 88.3 Å². The lowest BCUT2D eigenvalue weighted by molar-refractivity contribution is 0.607. The van der Waals surface area contributed by atoms with Gasteiger partial charge in [-0.2, -0.15) is 0 Å². The smallest absolute Gasteiger partial charge is 0.324 e. The van der Waals surface area contributed by atoms with Gasteiger partial charge in [0, 0.05) is 89.6 Å². The van der Waals surface area contributed by atoms with Crippen LogP contribution in [0.2, 0.25) is 0 Å². The van der Waals surface area contributed by atoms with Gasteiger partial charge in [0.2, 0.25) is 0 Å². The third-order valence-corrected chi connectivity index (χ3v) is 15.3. The molecular weight excluding hydrogens is 973 g/mol. The summed E-state index contributed by atoms with van der Waals surface area (Å²) in [6.07, 6.45) is 5.31. The third kappa shape index (κ3) is 7.16. The highest BCUT2D eigenvalue weighted by molar-refractivity contribution is 6.12. The molecule has 2 aliphatic rings. The molecule has 0 spiro atoms. The number of fused-ring (bicyclic) bond motifs is 24. The summed E-state index contributed by atoms with van der Waals surface area (Å²) in [6.45, 7) is 18.1. The zero-order valence-corrected chi connectivity index (χ0v) is 44.5. The topological polar surface area (TPSA) is 228 Å². The number of aromatic amines is 3. The Morgan fingerprint density at radius 1 is 0.312 bits per heavy atom. The third-order valence-electron chi connectivity index (χ3n) is 15.3. The van der Waals surface area contributed by atoms with E-state index in [2.05, 4.69) is 56.5 Å². The highest BCUT2D eigenvalue weighted by atomic mass is 16.2. The van der Waals surface area contributed by atoms with E-state index in [0.717, 1.165) is 78.0 Å². The lowest BCUT2D eigenvalue weighted by atomic mass is 10.1. The minimum absolute atomic E-state index is 0.0741. The number of H-pyrrole nitrogens is 3. The molecule has 4 aromatic carbocycles. The lowest BCUT2D eigenvalue weighted by Crippen LogP contribution is -2.24. The second kappa shape index (κ2) is 18.3. The van der Waals surface area contributed by atoms with Gasteiger partial charge in [0.15, 0.2) is 23.3 Å². The van der Waals surface area contributed by atoms with Crippen molar-refractivity contribution in [3.8, 4) is 45.6 Å². The van der Waals surface area contributed by atoms with Gasteiger partial charge >= 0.3 is 22.8 Å². The van der Waals surface area contributed by atoms with Crippen LogP contribution >= 0.6 is 0 Å². The molecule has 0 saturated carbocycles. The average molecular weight is 1030 g/mol. The number of nitrogens with one attached hydrogen (secondary N) is 3. The largest absolute Gasteiger partial charge is 0.329 e. The van der Waals surface area contributed by atoms with Gasteiger partial charge in [0.25, 0.3) is 0 Å². The fourth-order valence-corrected chi connectivity index (χ4v) is 11.9. The Kier molecular flexibility index (Phi) is 11.4. The molecule has 8 bridgehead atoms. The Morgan fingerprint density at radius 3 is 0.870 bits per heavy atom. The van der Waals surface area contributed by atoms with Crippen LogP contribution in [0.5, 0.6) is 0 Å². The van der Waals surface area contributed by atoms with Gasteiger partial charge in [-0.15, -0.1) is 0 Å². The van der Waals surface area contributed by atoms with Crippen LogP contribution in [0, 0.1) is 0 Å². The first-order valence-electron chi connectivity index (χ1n) is 27.4. The standard InChI is InChI=1S/C57H60N16O4/c1-8-15-67-39-23-31-30(22-38(39)58-54(67)74)46-59-47(31)61-49-34-26-42-43(71(19-12-5)56(76)70(42)18-11-4)27-35(34)51(63-49)65-53-37-29-45-44(72(20-13-6)57(77)73(45)21-14-7)28-36(37)52(66-53)64-50-33-25-41-40(24-32(33)48(60-46)62-50)68(16-9-2)55(75)69(41)17-10-3/h22-29H,8-21H2,1-7H3,(H,58,74)(H2,59,60,61,62,63,64,65,66). The maximum absolute atomic E-state index is 14.2. The molecule has 3 N–H and O–H groups in total. The highest BCUT2D eigenvalue weighted by Crippen LogP contribution is 2.41. The summed E-state index contributed by atoms with van der Waals surface area (Å²) in [6, 6.07) is 16.0. The average Bonchev–Trinajstić information content (AvgIpc) is 4.49. The monoisotopic (exact) mass is 1030 g/mol. The van der Waals surface area contributed by atoms with Crippen LogP contribution in [0.3, 0.4) is 0 Å². The van der Waals surface area contributed by atoms with Crippen LogP contribution in [0.1, 0.15) is 93.4 Å². The maximum Gasteiger partial charge on any atom is 0.329 e. The Morgan fingerprint density at radius 2 is 0.571 bits per heavy atom. The van der Waals surface area contributed by atoms with Crippen molar-refractivity contribution < 1.29 is 0 Å². The van der Waals surface area contributed by atoms with Crippen molar-refractivity contribution in [3.63, 3.8) is 0 Å². The summed E-state index contributed by atoms with van der Waals surface area (Å²) in [5.74, 6) is 1.45. The van der Waals surface area contributed by atoms with E-state index >= 15 is 0 Å². The zero-order valence-electron chi connectivity index (χ0n) is 44.5. The van der Waals surface area contributed by atoms with Crippen LogP contribution < -0.4 is 22.8 Å². The molecule has 7 aromatic heterocycles. The molecule has 20 nitrogen and oxygen atoms in total. The zero-order chi connectivity index (χ0) is 53.1. The summed E-state index contributed by atoms with van der Waals surface area (Å²) in [5, 5.41) is 2.86. The van der Waals surface area contributed by atoms with Crippen LogP contribution in [0.25, 0.3) is 134 Å². The van der Waals surface area contributed by atoms with Gasteiger partial charge in [-0.3, -0.25) is 32.0 Å². The molecule has 0 unspecified atom stereocenters. The van der Waals surface area contributed by atoms with E-state index in [1.54, 1.807) is 4.57 Å². The first-order valence-corrected chi connectivity index (χ1v) is 27.4. The van der Waals surface area contributed by atoms with E-state index in [1.165, 1.54) is 0 Å². The van der Waals surface area contributed by atoms with E-state index < -0.39 is 0 Å². The molecular formula is C57H60N16O4. The summed E-state index contributed by atoms with van der Waals surface area (Å²) in [4.78, 5) is 98.5. The molecule has 13 rings (SSSR count). The van der Waals surface area contributed by atoms with Crippen molar-refractivity contribution in [2.75, 3.05) is 0 Å². The molecule has 0 saturated heterocycles. The van der Waals surface area contributed by atoms with Gasteiger partial charge in [0.1, 0.15) is 22.6 Å². The Bertz CT molecular complexity index is 4710.